The predicted octanol–water partition coefficient (Wildman–Crippen LogP) is 7.22. The monoisotopic (exact) mass is 423 g/mol. The molecule has 6 rings (SSSR count). The van der Waals surface area contributed by atoms with Gasteiger partial charge in [-0.25, -0.2) is 0 Å². The minimum atomic E-state index is -0.369. The van der Waals surface area contributed by atoms with Crippen LogP contribution < -0.4 is 5.73 Å². The molecule has 0 saturated heterocycles. The number of nitrogen functional groups attached to an aromatic ring is 1. The van der Waals surface area contributed by atoms with Crippen LogP contribution in [0, 0.1) is 0 Å². The molecular weight excluding hydrogens is 398 g/mol. The van der Waals surface area contributed by atoms with Crippen LogP contribution >= 0.6 is 0 Å². The van der Waals surface area contributed by atoms with E-state index in [0.29, 0.717) is 0 Å². The quantitative estimate of drug-likeness (QED) is 0.298. The Bertz CT molecular complexity index is 1380. The van der Waals surface area contributed by atoms with Crippen LogP contribution in [-0.2, 0) is 11.8 Å². The molecule has 0 amide bonds. The summed E-state index contributed by atoms with van der Waals surface area (Å²) in [6, 6.07) is 45.8. The molecule has 0 bridgehead atoms. The Labute approximate surface area is 195 Å². The highest BCUT2D eigenvalue weighted by atomic mass is 14.6. The van der Waals surface area contributed by atoms with Crippen LogP contribution in [-0.4, -0.2) is 0 Å². The lowest BCUT2D eigenvalue weighted by Crippen LogP contribution is -2.28. The summed E-state index contributed by atoms with van der Waals surface area (Å²) in [5, 5.41) is 0. The smallest absolute Gasteiger partial charge is 0.0713 e. The van der Waals surface area contributed by atoms with Gasteiger partial charge in [-0.3, -0.25) is 0 Å². The van der Waals surface area contributed by atoms with E-state index in [0.717, 1.165) is 12.1 Å². The van der Waals surface area contributed by atoms with E-state index < -0.39 is 0 Å². The van der Waals surface area contributed by atoms with Crippen molar-refractivity contribution in [3.8, 4) is 11.1 Å². The summed E-state index contributed by atoms with van der Waals surface area (Å²) >= 11 is 0. The molecule has 1 aliphatic rings. The van der Waals surface area contributed by atoms with Gasteiger partial charge in [0.15, 0.2) is 0 Å². The Morgan fingerprint density at radius 2 is 1.00 bits per heavy atom. The number of fused-ring (bicyclic) bond motifs is 3. The van der Waals surface area contributed by atoms with Crippen molar-refractivity contribution >= 4 is 5.69 Å². The van der Waals surface area contributed by atoms with Crippen molar-refractivity contribution in [1.82, 2.24) is 0 Å². The van der Waals surface area contributed by atoms with Crippen LogP contribution in [0.3, 0.4) is 0 Å². The van der Waals surface area contributed by atoms with Gasteiger partial charge in [0.2, 0.25) is 0 Å². The fourth-order valence-corrected chi connectivity index (χ4v) is 5.50. The Kier molecular flexibility index (Phi) is 4.62. The van der Waals surface area contributed by atoms with Gasteiger partial charge < -0.3 is 5.73 Å². The average Bonchev–Trinajstić information content (AvgIpc) is 3.15. The molecule has 0 fully saturated rings. The first-order chi connectivity index (χ1) is 16.3. The molecule has 33 heavy (non-hydrogen) atoms. The van der Waals surface area contributed by atoms with Crippen LogP contribution in [0.25, 0.3) is 11.1 Å². The van der Waals surface area contributed by atoms with Gasteiger partial charge in [0.05, 0.1) is 5.41 Å². The van der Waals surface area contributed by atoms with Crippen LogP contribution in [0.15, 0.2) is 127 Å². The molecular formula is C32H25N. The number of hydrogen-bond acceptors (Lipinski definition) is 1. The van der Waals surface area contributed by atoms with E-state index in [1.165, 1.54) is 44.5 Å². The molecule has 1 nitrogen and oxygen atoms in total. The van der Waals surface area contributed by atoms with Crippen molar-refractivity contribution in [2.24, 2.45) is 0 Å². The van der Waals surface area contributed by atoms with Crippen molar-refractivity contribution in [3.05, 3.63) is 161 Å². The van der Waals surface area contributed by atoms with Gasteiger partial charge in [-0.05, 0) is 63.1 Å². The summed E-state index contributed by atoms with van der Waals surface area (Å²) in [4.78, 5) is 0. The summed E-state index contributed by atoms with van der Waals surface area (Å²) in [5.74, 6) is 0. The lowest BCUT2D eigenvalue weighted by atomic mass is 9.67. The second kappa shape index (κ2) is 7.79. The van der Waals surface area contributed by atoms with Gasteiger partial charge in [-0.15, -0.1) is 0 Å². The van der Waals surface area contributed by atoms with Crippen LogP contribution in [0.5, 0.6) is 0 Å². The number of nitrogens with two attached hydrogens (primary N) is 1. The molecule has 1 heteroatoms. The van der Waals surface area contributed by atoms with E-state index in [9.17, 15) is 0 Å². The zero-order valence-corrected chi connectivity index (χ0v) is 18.4. The molecule has 0 unspecified atom stereocenters. The third kappa shape index (κ3) is 3.08. The molecule has 0 heterocycles. The molecule has 158 valence electrons. The second-order valence-electron chi connectivity index (χ2n) is 8.83. The fraction of sp³-hybridized carbons (Fsp3) is 0.0625. The first-order valence-electron chi connectivity index (χ1n) is 11.5. The van der Waals surface area contributed by atoms with Gasteiger partial charge in [0.25, 0.3) is 0 Å². The lowest BCUT2D eigenvalue weighted by Gasteiger charge is -2.34. The van der Waals surface area contributed by atoms with E-state index in [2.05, 4.69) is 121 Å². The van der Waals surface area contributed by atoms with E-state index in [1.54, 1.807) is 0 Å². The summed E-state index contributed by atoms with van der Waals surface area (Å²) < 4.78 is 0. The molecule has 0 spiro atoms. The number of benzene rings is 5. The zero-order valence-electron chi connectivity index (χ0n) is 18.4. The normalized spacial score (nSPS) is 13.3. The Hall–Kier alpha value is -4.10. The minimum Gasteiger partial charge on any atom is -0.399 e. The summed E-state index contributed by atoms with van der Waals surface area (Å²) in [5.41, 5.74) is 17.0. The maximum Gasteiger partial charge on any atom is 0.0713 e. The van der Waals surface area contributed by atoms with E-state index in [1.807, 2.05) is 6.07 Å². The van der Waals surface area contributed by atoms with Crippen LogP contribution in [0.1, 0.15) is 33.4 Å². The Morgan fingerprint density at radius 1 is 0.485 bits per heavy atom. The Balaban J connectivity index is 1.64. The number of rotatable bonds is 4. The van der Waals surface area contributed by atoms with Gasteiger partial charge >= 0.3 is 0 Å². The molecule has 2 N–H and O–H groups in total. The van der Waals surface area contributed by atoms with Gasteiger partial charge in [0.1, 0.15) is 0 Å². The van der Waals surface area contributed by atoms with Crippen molar-refractivity contribution in [3.63, 3.8) is 0 Å². The highest BCUT2D eigenvalue weighted by Crippen LogP contribution is 2.56. The van der Waals surface area contributed by atoms with Gasteiger partial charge in [-0.2, -0.15) is 0 Å². The first kappa shape index (κ1) is 19.6. The topological polar surface area (TPSA) is 26.0 Å². The van der Waals surface area contributed by atoms with Crippen molar-refractivity contribution < 1.29 is 0 Å². The van der Waals surface area contributed by atoms with Crippen molar-refractivity contribution in [1.29, 1.82) is 0 Å². The maximum absolute atomic E-state index is 6.32. The molecule has 5 aromatic rings. The summed E-state index contributed by atoms with van der Waals surface area (Å²) in [6.07, 6.45) is 0.912. The molecule has 0 radical (unpaired) electrons. The van der Waals surface area contributed by atoms with Crippen molar-refractivity contribution in [2.45, 2.75) is 11.8 Å². The first-order valence-corrected chi connectivity index (χ1v) is 11.5. The van der Waals surface area contributed by atoms with E-state index in [4.69, 9.17) is 5.73 Å². The predicted molar refractivity (Wildman–Crippen MR) is 137 cm³/mol. The maximum atomic E-state index is 6.32. The molecule has 1 aliphatic carbocycles. The largest absolute Gasteiger partial charge is 0.399 e. The van der Waals surface area contributed by atoms with Crippen LogP contribution in [0.2, 0.25) is 0 Å². The minimum absolute atomic E-state index is 0.369. The van der Waals surface area contributed by atoms with Crippen LogP contribution in [0.4, 0.5) is 5.69 Å². The third-order valence-electron chi connectivity index (χ3n) is 6.89. The molecule has 5 aromatic carbocycles. The number of hydrogen-bond donors (Lipinski definition) is 1. The standard InChI is InChI=1S/C32H25N/c33-27-17-19-31-29(22-27)28-21-24(20-23-10-4-1-5-11-23)16-18-30(28)32(31,25-12-6-2-7-13-25)26-14-8-3-9-15-26/h1-19,21-22H,20,33H2. The second-order valence-corrected chi connectivity index (χ2v) is 8.83. The van der Waals surface area contributed by atoms with Gasteiger partial charge in [0, 0.05) is 5.69 Å². The van der Waals surface area contributed by atoms with Crippen molar-refractivity contribution in [2.75, 3.05) is 5.73 Å². The number of anilines is 1. The Morgan fingerprint density at radius 3 is 1.61 bits per heavy atom. The van der Waals surface area contributed by atoms with E-state index in [-0.39, 0.29) is 5.41 Å². The third-order valence-corrected chi connectivity index (χ3v) is 6.89. The average molecular weight is 424 g/mol. The summed E-state index contributed by atoms with van der Waals surface area (Å²) in [7, 11) is 0. The molecule has 0 atom stereocenters. The van der Waals surface area contributed by atoms with Gasteiger partial charge in [-0.1, -0.05) is 115 Å². The fourth-order valence-electron chi connectivity index (χ4n) is 5.50. The molecule has 0 aromatic heterocycles. The molecule has 0 saturated carbocycles. The summed E-state index contributed by atoms with van der Waals surface area (Å²) in [6.45, 7) is 0. The highest BCUT2D eigenvalue weighted by molar-refractivity contribution is 5.88. The SMILES string of the molecule is Nc1ccc2c(c1)-c1cc(Cc3ccccc3)ccc1C2(c1ccccc1)c1ccccc1. The zero-order chi connectivity index (χ0) is 22.3. The highest BCUT2D eigenvalue weighted by Gasteiger charge is 2.46. The van der Waals surface area contributed by atoms with E-state index >= 15 is 0 Å². The lowest BCUT2D eigenvalue weighted by molar-refractivity contribution is 0.768. The molecule has 0 aliphatic heterocycles.